The number of alkyl halides is 3. The maximum Gasteiger partial charge on any atom is 0.471 e. The van der Waals surface area contributed by atoms with E-state index in [4.69, 9.17) is 4.74 Å². The zero-order valence-electron chi connectivity index (χ0n) is 21.8. The number of nitrogens with one attached hydrogen (secondary N) is 1. The predicted molar refractivity (Wildman–Crippen MR) is 138 cm³/mol. The van der Waals surface area contributed by atoms with Crippen LogP contribution in [-0.2, 0) is 4.79 Å². The van der Waals surface area contributed by atoms with Crippen LogP contribution in [0.5, 0.6) is 5.75 Å². The quantitative estimate of drug-likeness (QED) is 0.370. The van der Waals surface area contributed by atoms with Gasteiger partial charge in [-0.2, -0.15) is 18.2 Å². The lowest BCUT2D eigenvalue weighted by Crippen LogP contribution is -2.52. The predicted octanol–water partition coefficient (Wildman–Crippen LogP) is 5.56. The van der Waals surface area contributed by atoms with Crippen LogP contribution in [0, 0.1) is 11.6 Å². The summed E-state index contributed by atoms with van der Waals surface area (Å²) in [5.41, 5.74) is 0.768. The Kier molecular flexibility index (Phi) is 8.41. The third-order valence-electron chi connectivity index (χ3n) is 6.66. The molecule has 1 atom stereocenters. The van der Waals surface area contributed by atoms with Crippen LogP contribution < -0.4 is 15.0 Å². The first-order valence-electron chi connectivity index (χ1n) is 12.6. The van der Waals surface area contributed by atoms with Crippen LogP contribution in [0.3, 0.4) is 0 Å². The first kappa shape index (κ1) is 28.3. The Labute approximate surface area is 223 Å². The van der Waals surface area contributed by atoms with E-state index in [9.17, 15) is 26.7 Å². The second-order valence-corrected chi connectivity index (χ2v) is 9.89. The van der Waals surface area contributed by atoms with Crippen LogP contribution in [0.1, 0.15) is 32.6 Å². The van der Waals surface area contributed by atoms with Gasteiger partial charge in [0.15, 0.2) is 11.6 Å². The lowest BCUT2D eigenvalue weighted by atomic mass is 9.90. The summed E-state index contributed by atoms with van der Waals surface area (Å²) >= 11 is 0. The topological polar surface area (TPSA) is 70.6 Å². The van der Waals surface area contributed by atoms with Gasteiger partial charge in [0.2, 0.25) is 5.95 Å². The molecule has 4 rings (SSSR count). The Morgan fingerprint density at radius 3 is 2.38 bits per heavy atom. The highest BCUT2D eigenvalue weighted by molar-refractivity contribution is 5.90. The number of nitrogens with zero attached hydrogens (tertiary/aromatic N) is 4. The highest BCUT2D eigenvalue weighted by Gasteiger charge is 2.45. The van der Waals surface area contributed by atoms with Gasteiger partial charge in [0, 0.05) is 37.6 Å². The maximum absolute atomic E-state index is 13.5. The number of ether oxygens (including phenoxy) is 1. The van der Waals surface area contributed by atoms with Crippen LogP contribution >= 0.6 is 0 Å². The molecule has 1 aliphatic rings. The number of fused-ring (bicyclic) bond motifs is 1. The standard InChI is InChI=1S/C27H30F5N5O2/c1-16(39-19-12-13-21(28)22(29)14-19)15-37(25(38)27(30,31)32)18-10-8-17(9-11-18)33-26-34-23-7-5-4-6-20(23)24(35-26)36(2)3/h4-7,12-14,16-18H,8-11,15H2,1-3H3,(H,33,34,35). The molecule has 210 valence electrons. The summed E-state index contributed by atoms with van der Waals surface area (Å²) in [6.45, 7) is 1.12. The molecule has 1 aliphatic carbocycles. The van der Waals surface area contributed by atoms with E-state index < -0.39 is 35.9 Å². The summed E-state index contributed by atoms with van der Waals surface area (Å²) in [4.78, 5) is 24.2. The molecule has 0 bridgehead atoms. The van der Waals surface area contributed by atoms with Gasteiger partial charge in [-0.3, -0.25) is 4.79 Å². The molecule has 0 aliphatic heterocycles. The largest absolute Gasteiger partial charge is 0.489 e. The molecule has 0 saturated heterocycles. The molecule has 1 amide bonds. The van der Waals surface area contributed by atoms with E-state index in [-0.39, 0.29) is 18.3 Å². The minimum atomic E-state index is -5.06. The highest BCUT2D eigenvalue weighted by Crippen LogP contribution is 2.31. The minimum Gasteiger partial charge on any atom is -0.489 e. The Bertz CT molecular complexity index is 1310. The number of anilines is 2. The van der Waals surface area contributed by atoms with E-state index in [1.165, 1.54) is 13.0 Å². The lowest BCUT2D eigenvalue weighted by Gasteiger charge is -2.38. The molecule has 3 aromatic rings. The Morgan fingerprint density at radius 1 is 1.05 bits per heavy atom. The van der Waals surface area contributed by atoms with Crippen molar-refractivity contribution in [2.45, 2.75) is 57.0 Å². The van der Waals surface area contributed by atoms with Crippen LogP contribution in [-0.4, -0.2) is 65.8 Å². The molecule has 1 aromatic heterocycles. The Hall–Kier alpha value is -3.70. The molecule has 7 nitrogen and oxygen atoms in total. The number of benzene rings is 2. The van der Waals surface area contributed by atoms with E-state index in [2.05, 4.69) is 15.3 Å². The minimum absolute atomic E-state index is 0.0406. The summed E-state index contributed by atoms with van der Waals surface area (Å²) in [5, 5.41) is 4.21. The van der Waals surface area contributed by atoms with Crippen molar-refractivity contribution in [3.8, 4) is 5.75 Å². The van der Waals surface area contributed by atoms with Gasteiger partial charge < -0.3 is 19.9 Å². The van der Waals surface area contributed by atoms with Crippen LogP contribution in [0.25, 0.3) is 10.9 Å². The van der Waals surface area contributed by atoms with E-state index in [1.807, 2.05) is 43.3 Å². The summed E-state index contributed by atoms with van der Waals surface area (Å²) < 4.78 is 72.6. The Balaban J connectivity index is 1.43. The number of carbonyl (C=O) groups is 1. The van der Waals surface area contributed by atoms with Crippen molar-refractivity contribution in [3.05, 3.63) is 54.1 Å². The number of hydrogen-bond donors (Lipinski definition) is 1. The molecule has 39 heavy (non-hydrogen) atoms. The van der Waals surface area contributed by atoms with Gasteiger partial charge in [0.25, 0.3) is 0 Å². The van der Waals surface area contributed by atoms with Gasteiger partial charge in [-0.1, -0.05) is 12.1 Å². The zero-order valence-corrected chi connectivity index (χ0v) is 21.8. The molecule has 0 radical (unpaired) electrons. The number of carbonyl (C=O) groups excluding carboxylic acids is 1. The van der Waals surface area contributed by atoms with E-state index in [0.717, 1.165) is 33.8 Å². The lowest BCUT2D eigenvalue weighted by molar-refractivity contribution is -0.189. The van der Waals surface area contributed by atoms with Crippen LogP contribution in [0.2, 0.25) is 0 Å². The van der Waals surface area contributed by atoms with Gasteiger partial charge in [0.05, 0.1) is 12.1 Å². The van der Waals surface area contributed by atoms with Crippen molar-refractivity contribution in [3.63, 3.8) is 0 Å². The Morgan fingerprint density at radius 2 is 1.74 bits per heavy atom. The van der Waals surface area contributed by atoms with Crippen molar-refractivity contribution in [2.24, 2.45) is 0 Å². The van der Waals surface area contributed by atoms with Crippen molar-refractivity contribution in [2.75, 3.05) is 30.9 Å². The van der Waals surface area contributed by atoms with Crippen LogP contribution in [0.4, 0.5) is 33.7 Å². The highest BCUT2D eigenvalue weighted by atomic mass is 19.4. The molecule has 1 unspecified atom stereocenters. The molecule has 1 fully saturated rings. The number of halogens is 5. The van der Waals surface area contributed by atoms with Gasteiger partial charge in [0.1, 0.15) is 17.7 Å². The third-order valence-corrected chi connectivity index (χ3v) is 6.66. The fourth-order valence-electron chi connectivity index (χ4n) is 4.84. The molecule has 2 aromatic carbocycles. The average molecular weight is 552 g/mol. The van der Waals surface area contributed by atoms with Crippen LogP contribution in [0.15, 0.2) is 42.5 Å². The normalized spacial score (nSPS) is 18.5. The zero-order chi connectivity index (χ0) is 28.3. The van der Waals surface area contributed by atoms with E-state index in [0.29, 0.717) is 31.6 Å². The molecule has 1 saturated carbocycles. The fourth-order valence-corrected chi connectivity index (χ4v) is 4.84. The molecule has 1 N–H and O–H groups in total. The maximum atomic E-state index is 13.5. The first-order valence-corrected chi connectivity index (χ1v) is 12.6. The van der Waals surface area contributed by atoms with E-state index >= 15 is 0 Å². The summed E-state index contributed by atoms with van der Waals surface area (Å²) in [6, 6.07) is 9.72. The fraction of sp³-hybridized carbons (Fsp3) is 0.444. The van der Waals surface area contributed by atoms with Gasteiger partial charge in [-0.15, -0.1) is 0 Å². The SMILES string of the molecule is CC(CN(C(=O)C(F)(F)F)C1CCC(Nc2nc(N(C)C)c3ccccc3n2)CC1)Oc1ccc(F)c(F)c1. The second-order valence-electron chi connectivity index (χ2n) is 9.89. The van der Waals surface area contributed by atoms with Crippen molar-refractivity contribution in [1.29, 1.82) is 0 Å². The van der Waals surface area contributed by atoms with E-state index in [1.54, 1.807) is 0 Å². The van der Waals surface area contributed by atoms with Gasteiger partial charge in [-0.25, -0.2) is 13.8 Å². The molecular formula is C27H30F5N5O2. The molecular weight excluding hydrogens is 521 g/mol. The summed E-state index contributed by atoms with van der Waals surface area (Å²) in [7, 11) is 3.76. The number of aromatic nitrogens is 2. The van der Waals surface area contributed by atoms with Crippen molar-refractivity contribution >= 4 is 28.6 Å². The monoisotopic (exact) mass is 551 g/mol. The smallest absolute Gasteiger partial charge is 0.471 e. The van der Waals surface area contributed by atoms with Crippen molar-refractivity contribution in [1.82, 2.24) is 14.9 Å². The number of hydrogen-bond acceptors (Lipinski definition) is 6. The summed E-state index contributed by atoms with van der Waals surface area (Å²) in [6.07, 6.45) is -4.31. The summed E-state index contributed by atoms with van der Waals surface area (Å²) in [5.74, 6) is -3.02. The number of amides is 1. The van der Waals surface area contributed by atoms with Gasteiger partial charge in [-0.05, 0) is 56.9 Å². The van der Waals surface area contributed by atoms with Crippen molar-refractivity contribution < 1.29 is 31.5 Å². The second kappa shape index (κ2) is 11.6. The average Bonchev–Trinajstić information content (AvgIpc) is 2.88. The molecule has 12 heteroatoms. The first-order chi connectivity index (χ1) is 18.4. The molecule has 0 spiro atoms. The number of para-hydroxylation sites is 1. The third kappa shape index (κ3) is 6.85. The molecule has 1 heterocycles. The van der Waals surface area contributed by atoms with Gasteiger partial charge >= 0.3 is 12.1 Å². The number of rotatable bonds is 8.